The van der Waals surface area contributed by atoms with Crippen LogP contribution in [0.4, 0.5) is 0 Å². The van der Waals surface area contributed by atoms with Gasteiger partial charge < -0.3 is 9.13 Å². The van der Waals surface area contributed by atoms with E-state index in [1.165, 1.54) is 32.8 Å². The topological polar surface area (TPSA) is 35.6 Å². The lowest BCUT2D eigenvalue weighted by atomic mass is 10.0. The van der Waals surface area contributed by atoms with Gasteiger partial charge in [0.2, 0.25) is 0 Å². The van der Waals surface area contributed by atoms with Gasteiger partial charge in [0.1, 0.15) is 0 Å². The molecule has 234 valence electrons. The van der Waals surface area contributed by atoms with Gasteiger partial charge in [0.15, 0.2) is 5.82 Å². The number of benzene rings is 7. The van der Waals surface area contributed by atoms with Crippen molar-refractivity contribution in [3.05, 3.63) is 182 Å². The summed E-state index contributed by atoms with van der Waals surface area (Å²) < 4.78 is 4.64. The third-order valence-corrected chi connectivity index (χ3v) is 9.75. The van der Waals surface area contributed by atoms with Crippen molar-refractivity contribution in [2.75, 3.05) is 0 Å². The van der Waals surface area contributed by atoms with E-state index in [2.05, 4.69) is 179 Å². The minimum atomic E-state index is 0.703. The molecule has 0 radical (unpaired) electrons. The number of aromatic nitrogens is 4. The first-order chi connectivity index (χ1) is 24.8. The summed E-state index contributed by atoms with van der Waals surface area (Å²) in [6, 6.07) is 62.1. The van der Waals surface area contributed by atoms with Crippen LogP contribution in [0.15, 0.2) is 182 Å². The first-order valence-electron chi connectivity index (χ1n) is 16.9. The molecule has 0 aliphatic heterocycles. The van der Waals surface area contributed by atoms with Crippen molar-refractivity contribution in [1.29, 1.82) is 0 Å². The SMILES string of the molecule is c1ccc(-c2ccc(-c3nc(-c4cccc(-n5c6ccccc6c6cc7ccn(-c8ccccc8)c7cc65)c4)nc4ccccc34)cc2)cc1. The average Bonchev–Trinajstić information content (AvgIpc) is 3.76. The van der Waals surface area contributed by atoms with Crippen LogP contribution in [-0.2, 0) is 0 Å². The Morgan fingerprint density at radius 3 is 1.88 bits per heavy atom. The van der Waals surface area contributed by atoms with Crippen LogP contribution in [0.5, 0.6) is 0 Å². The summed E-state index contributed by atoms with van der Waals surface area (Å²) in [6.45, 7) is 0. The average molecular weight is 639 g/mol. The second kappa shape index (κ2) is 11.4. The first kappa shape index (κ1) is 28.3. The van der Waals surface area contributed by atoms with Crippen LogP contribution in [-0.4, -0.2) is 19.1 Å². The van der Waals surface area contributed by atoms with Crippen molar-refractivity contribution in [1.82, 2.24) is 19.1 Å². The summed E-state index contributed by atoms with van der Waals surface area (Å²) in [6.07, 6.45) is 2.16. The van der Waals surface area contributed by atoms with Crippen molar-refractivity contribution in [3.8, 4) is 45.1 Å². The standard InChI is InChI=1S/C46H30N4/c1-3-12-31(13-4-1)32-22-24-33(25-23-32)45-39-19-7-9-20-41(39)47-46(48-45)35-14-11-17-37(28-35)50-42-21-10-8-18-38(42)40-29-34-26-27-49(43(34)30-44(40)50)36-15-5-2-6-16-36/h1-30H. The molecule has 0 fully saturated rings. The van der Waals surface area contributed by atoms with Gasteiger partial charge in [0, 0.05) is 50.2 Å². The fraction of sp³-hybridized carbons (Fsp3) is 0. The van der Waals surface area contributed by atoms with Crippen molar-refractivity contribution >= 4 is 43.6 Å². The second-order valence-corrected chi connectivity index (χ2v) is 12.7. The molecular weight excluding hydrogens is 609 g/mol. The quantitative estimate of drug-likeness (QED) is 0.188. The van der Waals surface area contributed by atoms with Crippen LogP contribution >= 0.6 is 0 Å². The van der Waals surface area contributed by atoms with E-state index < -0.39 is 0 Å². The lowest BCUT2D eigenvalue weighted by Gasteiger charge is -2.13. The van der Waals surface area contributed by atoms with Gasteiger partial charge in [-0.15, -0.1) is 0 Å². The molecule has 10 aromatic rings. The number of hydrogen-bond acceptors (Lipinski definition) is 2. The Morgan fingerprint density at radius 2 is 1.04 bits per heavy atom. The Kier molecular flexibility index (Phi) is 6.46. The Balaban J connectivity index is 1.14. The lowest BCUT2D eigenvalue weighted by molar-refractivity contribution is 1.12. The molecular formula is C46H30N4. The zero-order valence-corrected chi connectivity index (χ0v) is 27.1. The zero-order chi connectivity index (χ0) is 33.0. The smallest absolute Gasteiger partial charge is 0.160 e. The molecule has 3 heterocycles. The maximum Gasteiger partial charge on any atom is 0.160 e. The lowest BCUT2D eigenvalue weighted by Crippen LogP contribution is -1.98. The van der Waals surface area contributed by atoms with Gasteiger partial charge in [-0.05, 0) is 65.7 Å². The van der Waals surface area contributed by atoms with Gasteiger partial charge in [-0.3, -0.25) is 0 Å². The van der Waals surface area contributed by atoms with Crippen LogP contribution < -0.4 is 0 Å². The van der Waals surface area contributed by atoms with E-state index >= 15 is 0 Å². The van der Waals surface area contributed by atoms with E-state index in [1.807, 2.05) is 12.1 Å². The first-order valence-corrected chi connectivity index (χ1v) is 16.9. The van der Waals surface area contributed by atoms with Gasteiger partial charge in [0.25, 0.3) is 0 Å². The zero-order valence-electron chi connectivity index (χ0n) is 27.1. The monoisotopic (exact) mass is 638 g/mol. The Hall–Kier alpha value is -6.78. The summed E-state index contributed by atoms with van der Waals surface area (Å²) in [5, 5.41) is 4.71. The predicted molar refractivity (Wildman–Crippen MR) is 207 cm³/mol. The van der Waals surface area contributed by atoms with E-state index in [4.69, 9.17) is 9.97 Å². The van der Waals surface area contributed by atoms with Gasteiger partial charge >= 0.3 is 0 Å². The van der Waals surface area contributed by atoms with E-state index in [0.29, 0.717) is 5.82 Å². The molecule has 3 aromatic heterocycles. The van der Waals surface area contributed by atoms with E-state index in [0.717, 1.165) is 50.1 Å². The molecule has 0 N–H and O–H groups in total. The van der Waals surface area contributed by atoms with Crippen molar-refractivity contribution in [2.24, 2.45) is 0 Å². The maximum absolute atomic E-state index is 5.25. The highest BCUT2D eigenvalue weighted by atomic mass is 15.0. The largest absolute Gasteiger partial charge is 0.316 e. The van der Waals surface area contributed by atoms with Gasteiger partial charge in [0.05, 0.1) is 27.8 Å². The highest BCUT2D eigenvalue weighted by Crippen LogP contribution is 2.37. The van der Waals surface area contributed by atoms with Crippen LogP contribution in [0.2, 0.25) is 0 Å². The van der Waals surface area contributed by atoms with E-state index in [-0.39, 0.29) is 0 Å². The summed E-state index contributed by atoms with van der Waals surface area (Å²) in [7, 11) is 0. The molecule has 0 saturated carbocycles. The predicted octanol–water partition coefficient (Wildman–Crippen LogP) is 11.7. The summed E-state index contributed by atoms with van der Waals surface area (Å²) in [5.41, 5.74) is 12.0. The number of hydrogen-bond donors (Lipinski definition) is 0. The second-order valence-electron chi connectivity index (χ2n) is 12.7. The Labute approximate surface area is 289 Å². The molecule has 50 heavy (non-hydrogen) atoms. The maximum atomic E-state index is 5.25. The van der Waals surface area contributed by atoms with Gasteiger partial charge in [-0.2, -0.15) is 0 Å². The van der Waals surface area contributed by atoms with Crippen molar-refractivity contribution in [3.63, 3.8) is 0 Å². The van der Waals surface area contributed by atoms with Crippen LogP contribution in [0.1, 0.15) is 0 Å². The summed E-state index contributed by atoms with van der Waals surface area (Å²) in [5.74, 6) is 0.703. The molecule has 0 aliphatic carbocycles. The van der Waals surface area contributed by atoms with E-state index in [9.17, 15) is 0 Å². The molecule has 4 heteroatoms. The van der Waals surface area contributed by atoms with Crippen LogP contribution in [0.3, 0.4) is 0 Å². The third kappa shape index (κ3) is 4.61. The summed E-state index contributed by atoms with van der Waals surface area (Å²) in [4.78, 5) is 10.3. The fourth-order valence-corrected chi connectivity index (χ4v) is 7.35. The molecule has 7 aromatic carbocycles. The normalized spacial score (nSPS) is 11.6. The van der Waals surface area contributed by atoms with Crippen LogP contribution in [0, 0.1) is 0 Å². The molecule has 0 spiro atoms. The molecule has 0 atom stereocenters. The molecule has 0 amide bonds. The van der Waals surface area contributed by atoms with Crippen LogP contribution in [0.25, 0.3) is 88.8 Å². The Bertz CT molecular complexity index is 2850. The summed E-state index contributed by atoms with van der Waals surface area (Å²) >= 11 is 0. The molecule has 0 bridgehead atoms. The van der Waals surface area contributed by atoms with Gasteiger partial charge in [-0.1, -0.05) is 121 Å². The van der Waals surface area contributed by atoms with Crippen molar-refractivity contribution in [2.45, 2.75) is 0 Å². The number of nitrogens with zero attached hydrogens (tertiary/aromatic N) is 4. The fourth-order valence-electron chi connectivity index (χ4n) is 7.35. The molecule has 0 saturated heterocycles. The minimum Gasteiger partial charge on any atom is -0.316 e. The third-order valence-electron chi connectivity index (χ3n) is 9.75. The molecule has 10 rings (SSSR count). The molecule has 4 nitrogen and oxygen atoms in total. The van der Waals surface area contributed by atoms with E-state index in [1.54, 1.807) is 0 Å². The number of fused-ring (bicyclic) bond motifs is 5. The van der Waals surface area contributed by atoms with Gasteiger partial charge in [-0.25, -0.2) is 9.97 Å². The Morgan fingerprint density at radius 1 is 0.380 bits per heavy atom. The number of rotatable bonds is 5. The van der Waals surface area contributed by atoms with Crippen molar-refractivity contribution < 1.29 is 0 Å². The highest BCUT2D eigenvalue weighted by Gasteiger charge is 2.17. The molecule has 0 unspecified atom stereocenters. The highest BCUT2D eigenvalue weighted by molar-refractivity contribution is 6.13. The number of para-hydroxylation sites is 3. The molecule has 0 aliphatic rings. The minimum absolute atomic E-state index is 0.703.